The summed E-state index contributed by atoms with van der Waals surface area (Å²) in [4.78, 5) is 0. The molecule has 0 amide bonds. The fraction of sp³-hybridized carbons (Fsp3) is 0.111. The van der Waals surface area contributed by atoms with Gasteiger partial charge in [-0.1, -0.05) is 42.5 Å². The molecule has 2 N–H and O–H groups in total. The predicted molar refractivity (Wildman–Crippen MR) is 82.9 cm³/mol. The van der Waals surface area contributed by atoms with Crippen LogP contribution < -0.4 is 10.5 Å². The van der Waals surface area contributed by atoms with Crippen molar-refractivity contribution in [1.82, 2.24) is 0 Å². The van der Waals surface area contributed by atoms with E-state index in [0.29, 0.717) is 5.39 Å². The Morgan fingerprint density at radius 1 is 0.952 bits per heavy atom. The third-order valence-electron chi connectivity index (χ3n) is 3.69. The number of fused-ring (bicyclic) bond motifs is 1. The molecule has 106 valence electrons. The number of hydrogen-bond acceptors (Lipinski definition) is 2. The van der Waals surface area contributed by atoms with Crippen LogP contribution in [-0.2, 0) is 0 Å². The first kappa shape index (κ1) is 13.6. The highest BCUT2D eigenvalue weighted by Gasteiger charge is 2.14. The quantitative estimate of drug-likeness (QED) is 0.786. The van der Waals surface area contributed by atoms with Crippen molar-refractivity contribution >= 4 is 10.8 Å². The highest BCUT2D eigenvalue weighted by atomic mass is 19.1. The van der Waals surface area contributed by atoms with Crippen molar-refractivity contribution in [3.8, 4) is 5.75 Å². The maximum absolute atomic E-state index is 13.9. The predicted octanol–water partition coefficient (Wildman–Crippen LogP) is 4.04. The van der Waals surface area contributed by atoms with E-state index in [1.165, 1.54) is 6.07 Å². The number of benzene rings is 3. The van der Waals surface area contributed by atoms with Crippen molar-refractivity contribution < 1.29 is 9.13 Å². The van der Waals surface area contributed by atoms with Gasteiger partial charge in [0.25, 0.3) is 0 Å². The SMILES string of the molecule is COc1cccc(C(N)c2ccc(F)c3ccccc23)c1. The average molecular weight is 281 g/mol. The Balaban J connectivity index is 2.13. The zero-order chi connectivity index (χ0) is 14.8. The second-order valence-corrected chi connectivity index (χ2v) is 4.94. The molecule has 21 heavy (non-hydrogen) atoms. The molecule has 3 rings (SSSR count). The normalized spacial score (nSPS) is 12.3. The summed E-state index contributed by atoms with van der Waals surface area (Å²) < 4.78 is 19.1. The minimum absolute atomic E-state index is 0.229. The summed E-state index contributed by atoms with van der Waals surface area (Å²) in [6.07, 6.45) is 0. The van der Waals surface area contributed by atoms with Crippen LogP contribution in [0, 0.1) is 5.82 Å². The lowest BCUT2D eigenvalue weighted by Gasteiger charge is -2.16. The molecule has 3 aromatic carbocycles. The van der Waals surface area contributed by atoms with Gasteiger partial charge in [0.2, 0.25) is 0 Å². The molecule has 0 aromatic heterocycles. The maximum atomic E-state index is 13.9. The van der Waals surface area contributed by atoms with E-state index in [2.05, 4.69) is 0 Å². The highest BCUT2D eigenvalue weighted by Crippen LogP contribution is 2.30. The van der Waals surface area contributed by atoms with Crippen LogP contribution in [0.15, 0.2) is 60.7 Å². The first-order chi connectivity index (χ1) is 10.2. The number of methoxy groups -OCH3 is 1. The summed E-state index contributed by atoms with van der Waals surface area (Å²) in [7, 11) is 1.62. The summed E-state index contributed by atoms with van der Waals surface area (Å²) in [5.74, 6) is 0.529. The van der Waals surface area contributed by atoms with Crippen LogP contribution >= 0.6 is 0 Å². The zero-order valence-corrected chi connectivity index (χ0v) is 11.7. The average Bonchev–Trinajstić information content (AvgIpc) is 2.55. The molecule has 3 aromatic rings. The zero-order valence-electron chi connectivity index (χ0n) is 11.7. The summed E-state index contributed by atoms with van der Waals surface area (Å²) in [5, 5.41) is 1.43. The standard InChI is InChI=1S/C18H16FNO/c1-21-13-6-4-5-12(11-13)18(20)16-9-10-17(19)15-8-3-2-7-14(15)16/h2-11,18H,20H2,1H3. The van der Waals surface area contributed by atoms with Crippen LogP contribution in [0.2, 0.25) is 0 Å². The Kier molecular flexibility index (Phi) is 3.59. The van der Waals surface area contributed by atoms with Crippen molar-refractivity contribution in [2.24, 2.45) is 5.73 Å². The van der Waals surface area contributed by atoms with Gasteiger partial charge in [-0.3, -0.25) is 0 Å². The Bertz CT molecular complexity index is 785. The monoisotopic (exact) mass is 281 g/mol. The molecule has 0 radical (unpaired) electrons. The van der Waals surface area contributed by atoms with Crippen molar-refractivity contribution in [2.45, 2.75) is 6.04 Å². The first-order valence-corrected chi connectivity index (χ1v) is 6.77. The van der Waals surface area contributed by atoms with Gasteiger partial charge in [-0.05, 0) is 34.7 Å². The molecule has 0 aliphatic carbocycles. The fourth-order valence-electron chi connectivity index (χ4n) is 2.57. The van der Waals surface area contributed by atoms with Crippen molar-refractivity contribution in [3.63, 3.8) is 0 Å². The van der Waals surface area contributed by atoms with Crippen LogP contribution in [0.4, 0.5) is 4.39 Å². The lowest BCUT2D eigenvalue weighted by molar-refractivity contribution is 0.414. The largest absolute Gasteiger partial charge is 0.497 e. The first-order valence-electron chi connectivity index (χ1n) is 6.77. The second-order valence-electron chi connectivity index (χ2n) is 4.94. The minimum atomic E-state index is -0.328. The van der Waals surface area contributed by atoms with Crippen molar-refractivity contribution in [2.75, 3.05) is 7.11 Å². The summed E-state index contributed by atoms with van der Waals surface area (Å²) in [5.41, 5.74) is 8.22. The van der Waals surface area contributed by atoms with Crippen LogP contribution in [0.5, 0.6) is 5.75 Å². The number of ether oxygens (including phenoxy) is 1. The van der Waals surface area contributed by atoms with E-state index < -0.39 is 0 Å². The molecule has 0 heterocycles. The molecule has 0 aliphatic heterocycles. The third-order valence-corrected chi connectivity index (χ3v) is 3.69. The number of halogens is 1. The van der Waals surface area contributed by atoms with Gasteiger partial charge >= 0.3 is 0 Å². The molecule has 0 saturated heterocycles. The Hall–Kier alpha value is -2.39. The van der Waals surface area contributed by atoms with E-state index >= 15 is 0 Å². The number of hydrogen-bond donors (Lipinski definition) is 1. The van der Waals surface area contributed by atoms with Crippen LogP contribution in [-0.4, -0.2) is 7.11 Å². The van der Waals surface area contributed by atoms with Crippen molar-refractivity contribution in [3.05, 3.63) is 77.6 Å². The highest BCUT2D eigenvalue weighted by molar-refractivity contribution is 5.87. The van der Waals surface area contributed by atoms with Gasteiger partial charge < -0.3 is 10.5 Å². The van der Waals surface area contributed by atoms with Crippen LogP contribution in [0.1, 0.15) is 17.2 Å². The molecule has 0 aliphatic rings. The summed E-state index contributed by atoms with van der Waals surface area (Å²) in [6, 6.07) is 17.9. The maximum Gasteiger partial charge on any atom is 0.131 e. The van der Waals surface area contributed by atoms with E-state index in [4.69, 9.17) is 10.5 Å². The van der Waals surface area contributed by atoms with Crippen molar-refractivity contribution in [1.29, 1.82) is 0 Å². The van der Waals surface area contributed by atoms with E-state index in [1.807, 2.05) is 42.5 Å². The summed E-state index contributed by atoms with van der Waals surface area (Å²) >= 11 is 0. The van der Waals surface area contributed by atoms with E-state index in [0.717, 1.165) is 22.3 Å². The van der Waals surface area contributed by atoms with Gasteiger partial charge in [-0.15, -0.1) is 0 Å². The molecule has 0 fully saturated rings. The fourth-order valence-corrected chi connectivity index (χ4v) is 2.57. The van der Waals surface area contributed by atoms with Gasteiger partial charge in [0, 0.05) is 5.39 Å². The molecular formula is C18H16FNO. The molecule has 3 heteroatoms. The van der Waals surface area contributed by atoms with E-state index in [9.17, 15) is 4.39 Å². The van der Waals surface area contributed by atoms with Gasteiger partial charge in [0.1, 0.15) is 11.6 Å². The molecular weight excluding hydrogens is 265 g/mol. The lowest BCUT2D eigenvalue weighted by atomic mass is 9.94. The molecule has 0 saturated carbocycles. The van der Waals surface area contributed by atoms with Gasteiger partial charge in [-0.2, -0.15) is 0 Å². The number of nitrogens with two attached hydrogens (primary N) is 1. The van der Waals surface area contributed by atoms with E-state index in [-0.39, 0.29) is 11.9 Å². The minimum Gasteiger partial charge on any atom is -0.497 e. The molecule has 0 bridgehead atoms. The molecule has 2 nitrogen and oxygen atoms in total. The Morgan fingerprint density at radius 3 is 2.48 bits per heavy atom. The lowest BCUT2D eigenvalue weighted by Crippen LogP contribution is -2.12. The topological polar surface area (TPSA) is 35.2 Å². The second kappa shape index (κ2) is 5.54. The van der Waals surface area contributed by atoms with Crippen LogP contribution in [0.25, 0.3) is 10.8 Å². The Labute approximate surface area is 123 Å². The Morgan fingerprint density at radius 2 is 1.71 bits per heavy atom. The van der Waals surface area contributed by atoms with E-state index in [1.54, 1.807) is 19.2 Å². The van der Waals surface area contributed by atoms with Crippen LogP contribution in [0.3, 0.4) is 0 Å². The molecule has 1 unspecified atom stereocenters. The molecule has 1 atom stereocenters. The number of rotatable bonds is 3. The van der Waals surface area contributed by atoms with Gasteiger partial charge in [-0.25, -0.2) is 4.39 Å². The smallest absolute Gasteiger partial charge is 0.131 e. The molecule has 0 spiro atoms. The summed E-state index contributed by atoms with van der Waals surface area (Å²) in [6.45, 7) is 0. The van der Waals surface area contributed by atoms with Gasteiger partial charge in [0.05, 0.1) is 13.2 Å². The van der Waals surface area contributed by atoms with Gasteiger partial charge in [0.15, 0.2) is 0 Å². The third kappa shape index (κ3) is 2.48.